The van der Waals surface area contributed by atoms with Gasteiger partial charge < -0.3 is 20.3 Å². The molecule has 2 amide bonds. The van der Waals surface area contributed by atoms with Crippen LogP contribution in [-0.4, -0.2) is 32.0 Å². The van der Waals surface area contributed by atoms with E-state index >= 15 is 0 Å². The third-order valence-electron chi connectivity index (χ3n) is 4.56. The topological polar surface area (TPSA) is 70.7 Å². The van der Waals surface area contributed by atoms with Gasteiger partial charge in [-0.25, -0.2) is 0 Å². The van der Waals surface area contributed by atoms with Crippen LogP contribution in [0.1, 0.15) is 17.3 Å². The van der Waals surface area contributed by atoms with E-state index < -0.39 is 0 Å². The van der Waals surface area contributed by atoms with Crippen LogP contribution in [0.4, 0.5) is 17.1 Å². The first-order valence-electron chi connectivity index (χ1n) is 9.75. The number of amides is 2. The van der Waals surface area contributed by atoms with Gasteiger partial charge >= 0.3 is 0 Å². The van der Waals surface area contributed by atoms with Gasteiger partial charge in [0, 0.05) is 42.3 Å². The Labute approximate surface area is 176 Å². The quantitative estimate of drug-likeness (QED) is 0.584. The molecule has 0 heterocycles. The number of carbonyl (C=O) groups excluding carboxylic acids is 2. The molecule has 3 aromatic carbocycles. The van der Waals surface area contributed by atoms with Gasteiger partial charge in [0.25, 0.3) is 11.8 Å². The van der Waals surface area contributed by atoms with E-state index in [4.69, 9.17) is 4.74 Å². The Morgan fingerprint density at radius 2 is 1.57 bits per heavy atom. The van der Waals surface area contributed by atoms with Gasteiger partial charge in [-0.15, -0.1) is 0 Å². The summed E-state index contributed by atoms with van der Waals surface area (Å²) in [7, 11) is 2.00. The SMILES string of the molecule is CCN(C)c1ccc(C(=O)Nc2cccc(OCC(=O)Nc3ccccc3)c2)cc1. The molecule has 0 bridgehead atoms. The molecule has 3 aromatic rings. The fraction of sp³-hybridized carbons (Fsp3) is 0.167. The Morgan fingerprint density at radius 1 is 0.867 bits per heavy atom. The fourth-order valence-electron chi connectivity index (χ4n) is 2.78. The highest BCUT2D eigenvalue weighted by molar-refractivity contribution is 6.04. The first kappa shape index (κ1) is 20.9. The maximum Gasteiger partial charge on any atom is 0.262 e. The molecular weight excluding hydrogens is 378 g/mol. The van der Waals surface area contributed by atoms with Crippen LogP contribution >= 0.6 is 0 Å². The maximum absolute atomic E-state index is 12.5. The normalized spacial score (nSPS) is 10.2. The van der Waals surface area contributed by atoms with Crippen molar-refractivity contribution in [2.75, 3.05) is 35.7 Å². The molecule has 2 N–H and O–H groups in total. The predicted molar refractivity (Wildman–Crippen MR) is 120 cm³/mol. The van der Waals surface area contributed by atoms with Crippen molar-refractivity contribution in [2.24, 2.45) is 0 Å². The Hall–Kier alpha value is -3.80. The van der Waals surface area contributed by atoms with Crippen LogP contribution < -0.4 is 20.3 Å². The van der Waals surface area contributed by atoms with Crippen LogP contribution in [0.5, 0.6) is 5.75 Å². The van der Waals surface area contributed by atoms with Gasteiger partial charge in [-0.3, -0.25) is 9.59 Å². The first-order chi connectivity index (χ1) is 14.5. The third-order valence-corrected chi connectivity index (χ3v) is 4.56. The third kappa shape index (κ3) is 5.85. The zero-order valence-electron chi connectivity index (χ0n) is 17.1. The van der Waals surface area contributed by atoms with Crippen molar-refractivity contribution >= 4 is 28.9 Å². The van der Waals surface area contributed by atoms with Crippen molar-refractivity contribution in [1.29, 1.82) is 0 Å². The molecule has 0 spiro atoms. The molecule has 0 atom stereocenters. The van der Waals surface area contributed by atoms with E-state index in [2.05, 4.69) is 22.5 Å². The van der Waals surface area contributed by atoms with Crippen molar-refractivity contribution in [3.8, 4) is 5.75 Å². The molecule has 0 radical (unpaired) electrons. The number of carbonyl (C=O) groups is 2. The van der Waals surface area contributed by atoms with Crippen LogP contribution in [0, 0.1) is 0 Å². The van der Waals surface area contributed by atoms with Gasteiger partial charge in [0.2, 0.25) is 0 Å². The molecule has 0 fully saturated rings. The highest BCUT2D eigenvalue weighted by atomic mass is 16.5. The zero-order chi connectivity index (χ0) is 21.3. The van der Waals surface area contributed by atoms with E-state index in [1.165, 1.54) is 0 Å². The molecular formula is C24H25N3O3. The summed E-state index contributed by atoms with van der Waals surface area (Å²) >= 11 is 0. The van der Waals surface area contributed by atoms with E-state index in [1.54, 1.807) is 48.5 Å². The minimum absolute atomic E-state index is 0.126. The van der Waals surface area contributed by atoms with Gasteiger partial charge in [0.15, 0.2) is 6.61 Å². The Bertz CT molecular complexity index is 988. The summed E-state index contributed by atoms with van der Waals surface area (Å²) in [5.74, 6) is 0.0309. The lowest BCUT2D eigenvalue weighted by molar-refractivity contribution is -0.118. The van der Waals surface area contributed by atoms with Crippen LogP contribution in [0.25, 0.3) is 0 Å². The number of hydrogen-bond acceptors (Lipinski definition) is 4. The van der Waals surface area contributed by atoms with Crippen LogP contribution in [0.15, 0.2) is 78.9 Å². The second-order valence-electron chi connectivity index (χ2n) is 6.75. The number of para-hydroxylation sites is 1. The highest BCUT2D eigenvalue weighted by Crippen LogP contribution is 2.19. The second kappa shape index (κ2) is 10.1. The van der Waals surface area contributed by atoms with Crippen molar-refractivity contribution in [1.82, 2.24) is 0 Å². The molecule has 154 valence electrons. The monoisotopic (exact) mass is 403 g/mol. The number of hydrogen-bond donors (Lipinski definition) is 2. The molecule has 0 aliphatic rings. The summed E-state index contributed by atoms with van der Waals surface area (Å²) in [6.07, 6.45) is 0. The average molecular weight is 403 g/mol. The molecule has 6 nitrogen and oxygen atoms in total. The molecule has 0 aliphatic carbocycles. The number of rotatable bonds is 8. The largest absolute Gasteiger partial charge is 0.484 e. The second-order valence-corrected chi connectivity index (χ2v) is 6.75. The predicted octanol–water partition coefficient (Wildman–Crippen LogP) is 4.41. The Balaban J connectivity index is 1.55. The molecule has 0 aromatic heterocycles. The Kier molecular flexibility index (Phi) is 7.05. The molecule has 0 saturated carbocycles. The highest BCUT2D eigenvalue weighted by Gasteiger charge is 2.09. The van der Waals surface area contributed by atoms with Crippen molar-refractivity contribution in [2.45, 2.75) is 6.92 Å². The maximum atomic E-state index is 12.5. The first-order valence-corrected chi connectivity index (χ1v) is 9.75. The molecule has 0 unspecified atom stereocenters. The van der Waals surface area contributed by atoms with Gasteiger partial charge in [-0.1, -0.05) is 24.3 Å². The van der Waals surface area contributed by atoms with Crippen LogP contribution in [0.2, 0.25) is 0 Å². The summed E-state index contributed by atoms with van der Waals surface area (Å²) in [6, 6.07) is 23.6. The number of benzene rings is 3. The summed E-state index contributed by atoms with van der Waals surface area (Å²) in [6.45, 7) is 2.83. The lowest BCUT2D eigenvalue weighted by Crippen LogP contribution is -2.20. The molecule has 6 heteroatoms. The minimum Gasteiger partial charge on any atom is -0.484 e. The summed E-state index contributed by atoms with van der Waals surface area (Å²) in [5, 5.41) is 5.62. The van der Waals surface area contributed by atoms with E-state index in [1.807, 2.05) is 37.4 Å². The van der Waals surface area contributed by atoms with Gasteiger partial charge in [0.05, 0.1) is 0 Å². The standard InChI is InChI=1S/C24H25N3O3/c1-3-27(2)21-14-12-18(13-15-21)24(29)26-20-10-7-11-22(16-20)30-17-23(28)25-19-8-5-4-6-9-19/h4-16H,3,17H2,1-2H3,(H,25,28)(H,26,29). The molecule has 30 heavy (non-hydrogen) atoms. The van der Waals surface area contributed by atoms with Gasteiger partial charge in [-0.2, -0.15) is 0 Å². The van der Waals surface area contributed by atoms with E-state index in [-0.39, 0.29) is 18.4 Å². The number of nitrogens with zero attached hydrogens (tertiary/aromatic N) is 1. The van der Waals surface area contributed by atoms with Crippen molar-refractivity contribution in [3.63, 3.8) is 0 Å². The van der Waals surface area contributed by atoms with E-state index in [0.29, 0.717) is 22.7 Å². The number of anilines is 3. The number of ether oxygens (including phenoxy) is 1. The molecule has 0 aliphatic heterocycles. The lowest BCUT2D eigenvalue weighted by atomic mass is 10.1. The molecule has 0 saturated heterocycles. The zero-order valence-corrected chi connectivity index (χ0v) is 17.1. The summed E-state index contributed by atoms with van der Waals surface area (Å²) in [4.78, 5) is 26.6. The van der Waals surface area contributed by atoms with E-state index in [0.717, 1.165) is 12.2 Å². The minimum atomic E-state index is -0.257. The van der Waals surface area contributed by atoms with Gasteiger partial charge in [-0.05, 0) is 55.5 Å². The lowest BCUT2D eigenvalue weighted by Gasteiger charge is -2.16. The molecule has 3 rings (SSSR count). The fourth-order valence-corrected chi connectivity index (χ4v) is 2.78. The van der Waals surface area contributed by atoms with Crippen molar-refractivity contribution < 1.29 is 14.3 Å². The number of nitrogens with one attached hydrogen (secondary N) is 2. The van der Waals surface area contributed by atoms with Crippen molar-refractivity contribution in [3.05, 3.63) is 84.4 Å². The average Bonchev–Trinajstić information content (AvgIpc) is 2.78. The van der Waals surface area contributed by atoms with Crippen LogP contribution in [0.3, 0.4) is 0 Å². The summed E-state index contributed by atoms with van der Waals surface area (Å²) in [5.41, 5.74) is 2.93. The van der Waals surface area contributed by atoms with E-state index in [9.17, 15) is 9.59 Å². The summed E-state index contributed by atoms with van der Waals surface area (Å²) < 4.78 is 5.55. The Morgan fingerprint density at radius 3 is 2.27 bits per heavy atom. The van der Waals surface area contributed by atoms with Gasteiger partial charge in [0.1, 0.15) is 5.75 Å². The van der Waals surface area contributed by atoms with Crippen LogP contribution in [-0.2, 0) is 4.79 Å². The smallest absolute Gasteiger partial charge is 0.262 e.